The van der Waals surface area contributed by atoms with Crippen LogP contribution >= 0.6 is 0 Å². The van der Waals surface area contributed by atoms with Gasteiger partial charge in [-0.1, -0.05) is 153 Å². The van der Waals surface area contributed by atoms with Crippen molar-refractivity contribution in [1.29, 1.82) is 0 Å². The quantitative estimate of drug-likeness (QED) is 0.0805. The molecule has 7 rings (SSSR count). The Bertz CT molecular complexity index is 2050. The van der Waals surface area contributed by atoms with Crippen LogP contribution in [-0.2, 0) is 18.4 Å². The lowest BCUT2D eigenvalue weighted by Crippen LogP contribution is -2.39. The van der Waals surface area contributed by atoms with Crippen LogP contribution in [0, 0.1) is 12.1 Å². The lowest BCUT2D eigenvalue weighted by atomic mass is 9.77. The van der Waals surface area contributed by atoms with Crippen LogP contribution in [0.3, 0.4) is 0 Å². The average molecular weight is 642 g/mol. The van der Waals surface area contributed by atoms with Gasteiger partial charge in [-0.3, -0.25) is 0 Å². The zero-order valence-electron chi connectivity index (χ0n) is 27.9. The van der Waals surface area contributed by atoms with Gasteiger partial charge >= 0.3 is 0 Å². The number of unbranched alkanes of at least 4 members (excludes halogenated alkanes) is 1. The molecule has 6 nitrogen and oxygen atoms in total. The van der Waals surface area contributed by atoms with Gasteiger partial charge in [0.15, 0.2) is 17.7 Å². The molecule has 6 heteroatoms. The van der Waals surface area contributed by atoms with Gasteiger partial charge in [-0.25, -0.2) is 4.68 Å². The predicted molar refractivity (Wildman–Crippen MR) is 195 cm³/mol. The molecule has 2 aromatic heterocycles. The molecule has 49 heavy (non-hydrogen) atoms. The standard InChI is InChI=1S/C43H39N5O/c1-3-4-24-41-40(32(2)29-30-47(41)49)31-33-25-27-34(28-26-33)38-22-14-15-23-39(38)42-44-45-46-48(42)43(35-16-8-5-9-17-35,36-18-10-6-11-19-36)37-20-12-7-13-21-37/h5-23,25-30H,3-4,24,31H2,1-2H3. The van der Waals surface area contributed by atoms with Crippen molar-refractivity contribution in [1.82, 2.24) is 20.2 Å². The first-order chi connectivity index (χ1) is 24.1. The summed E-state index contributed by atoms with van der Waals surface area (Å²) in [6.07, 6.45) is 5.18. The maximum atomic E-state index is 12.7. The number of aryl methyl sites for hydroxylation is 1. The van der Waals surface area contributed by atoms with Crippen molar-refractivity contribution in [3.05, 3.63) is 196 Å². The number of tetrazole rings is 1. The van der Waals surface area contributed by atoms with Crippen LogP contribution < -0.4 is 4.73 Å². The van der Waals surface area contributed by atoms with Gasteiger partial charge in [0.05, 0.1) is 0 Å². The van der Waals surface area contributed by atoms with Crippen LogP contribution in [0.1, 0.15) is 58.8 Å². The minimum absolute atomic E-state index is 0.664. The van der Waals surface area contributed by atoms with Gasteiger partial charge in [0, 0.05) is 30.0 Å². The number of nitrogens with zero attached hydrogens (tertiary/aromatic N) is 5. The molecule has 0 saturated heterocycles. The van der Waals surface area contributed by atoms with E-state index in [0.29, 0.717) is 12.2 Å². The highest BCUT2D eigenvalue weighted by atomic mass is 16.5. The first-order valence-electron chi connectivity index (χ1n) is 17.0. The molecule has 0 saturated carbocycles. The van der Waals surface area contributed by atoms with E-state index in [4.69, 9.17) is 10.3 Å². The molecule has 7 aromatic rings. The van der Waals surface area contributed by atoms with Gasteiger partial charge in [-0.05, 0) is 62.7 Å². The van der Waals surface area contributed by atoms with Gasteiger partial charge in [0.2, 0.25) is 0 Å². The molecule has 0 aliphatic heterocycles. The predicted octanol–water partition coefficient (Wildman–Crippen LogP) is 8.72. The minimum atomic E-state index is -0.846. The van der Waals surface area contributed by atoms with Crippen molar-refractivity contribution in [2.24, 2.45) is 0 Å². The Kier molecular flexibility index (Phi) is 9.11. The topological polar surface area (TPSA) is 70.5 Å². The molecule has 0 aliphatic carbocycles. The van der Waals surface area contributed by atoms with Gasteiger partial charge in [-0.15, -0.1) is 5.10 Å². The molecule has 0 bridgehead atoms. The molecule has 242 valence electrons. The van der Waals surface area contributed by atoms with Crippen molar-refractivity contribution in [2.45, 2.75) is 45.1 Å². The third kappa shape index (κ3) is 6.02. The Morgan fingerprint density at radius 2 is 1.22 bits per heavy atom. The van der Waals surface area contributed by atoms with Crippen LogP contribution in [-0.4, -0.2) is 20.2 Å². The summed E-state index contributed by atoms with van der Waals surface area (Å²) in [5.41, 5.74) is 9.65. The Morgan fingerprint density at radius 1 is 0.673 bits per heavy atom. The number of aromatic nitrogens is 5. The fourth-order valence-corrected chi connectivity index (χ4v) is 7.00. The molecule has 0 amide bonds. The van der Waals surface area contributed by atoms with Crippen LogP contribution in [0.2, 0.25) is 0 Å². The highest BCUT2D eigenvalue weighted by molar-refractivity contribution is 5.81. The third-order valence-corrected chi connectivity index (χ3v) is 9.49. The van der Waals surface area contributed by atoms with Gasteiger partial charge in [0.25, 0.3) is 0 Å². The Balaban J connectivity index is 1.34. The van der Waals surface area contributed by atoms with Gasteiger partial charge in [0.1, 0.15) is 5.54 Å². The highest BCUT2D eigenvalue weighted by Crippen LogP contribution is 2.43. The molecule has 0 aliphatic rings. The molecule has 0 fully saturated rings. The van der Waals surface area contributed by atoms with Crippen LogP contribution in [0.25, 0.3) is 22.5 Å². The minimum Gasteiger partial charge on any atom is -0.618 e. The smallest absolute Gasteiger partial charge is 0.196 e. The molecule has 0 N–H and O–H groups in total. The number of benzene rings is 5. The normalized spacial score (nSPS) is 11.5. The molecule has 0 radical (unpaired) electrons. The maximum Gasteiger partial charge on any atom is 0.196 e. The average Bonchev–Trinajstić information content (AvgIpc) is 3.65. The van der Waals surface area contributed by atoms with E-state index >= 15 is 0 Å². The second kappa shape index (κ2) is 14.1. The second-order valence-corrected chi connectivity index (χ2v) is 12.5. The Labute approximate surface area is 287 Å². The molecular formula is C43H39N5O. The van der Waals surface area contributed by atoms with Crippen molar-refractivity contribution in [3.63, 3.8) is 0 Å². The maximum absolute atomic E-state index is 12.7. The Hall–Kier alpha value is -5.88. The van der Waals surface area contributed by atoms with E-state index in [1.165, 1.54) is 0 Å². The van der Waals surface area contributed by atoms with E-state index in [9.17, 15) is 5.21 Å². The van der Waals surface area contributed by atoms with E-state index in [0.717, 1.165) is 79.8 Å². The van der Waals surface area contributed by atoms with E-state index < -0.39 is 5.54 Å². The summed E-state index contributed by atoms with van der Waals surface area (Å²) in [5, 5.41) is 26.5. The summed E-state index contributed by atoms with van der Waals surface area (Å²) in [5.74, 6) is 0.664. The first kappa shape index (κ1) is 31.7. The summed E-state index contributed by atoms with van der Waals surface area (Å²) in [6.45, 7) is 4.25. The first-order valence-corrected chi connectivity index (χ1v) is 17.0. The molecule has 0 unspecified atom stereocenters. The summed E-state index contributed by atoms with van der Waals surface area (Å²) < 4.78 is 3.03. The van der Waals surface area contributed by atoms with Gasteiger partial charge < -0.3 is 5.21 Å². The summed E-state index contributed by atoms with van der Waals surface area (Å²) >= 11 is 0. The number of rotatable bonds is 11. The van der Waals surface area contributed by atoms with Crippen molar-refractivity contribution in [2.75, 3.05) is 0 Å². The highest BCUT2D eigenvalue weighted by Gasteiger charge is 2.42. The fraction of sp³-hybridized carbons (Fsp3) is 0.163. The van der Waals surface area contributed by atoms with Crippen molar-refractivity contribution in [3.8, 4) is 22.5 Å². The van der Waals surface area contributed by atoms with E-state index in [1.54, 1.807) is 6.20 Å². The van der Waals surface area contributed by atoms with Crippen molar-refractivity contribution < 1.29 is 4.73 Å². The molecular weight excluding hydrogens is 603 g/mol. The molecule has 5 aromatic carbocycles. The summed E-state index contributed by atoms with van der Waals surface area (Å²) in [4.78, 5) is 0. The monoisotopic (exact) mass is 641 g/mol. The SMILES string of the molecule is CCCCc1c(Cc2ccc(-c3ccccc3-c3nnnn3C(c3ccccc3)(c3ccccc3)c3ccccc3)cc2)c(C)cc[n+]1[O-]. The number of hydrogen-bond acceptors (Lipinski definition) is 4. The van der Waals surface area contributed by atoms with Crippen LogP contribution in [0.5, 0.6) is 0 Å². The van der Waals surface area contributed by atoms with Crippen LogP contribution in [0.15, 0.2) is 152 Å². The number of pyridine rings is 1. The molecule has 2 heterocycles. The third-order valence-electron chi connectivity index (χ3n) is 9.49. The zero-order valence-corrected chi connectivity index (χ0v) is 27.9. The van der Waals surface area contributed by atoms with Crippen molar-refractivity contribution >= 4 is 0 Å². The molecule has 0 atom stereocenters. The lowest BCUT2D eigenvalue weighted by Gasteiger charge is -2.36. The second-order valence-electron chi connectivity index (χ2n) is 12.5. The Morgan fingerprint density at radius 3 is 1.80 bits per heavy atom. The van der Waals surface area contributed by atoms with Crippen LogP contribution in [0.4, 0.5) is 0 Å². The van der Waals surface area contributed by atoms with Gasteiger partial charge in [-0.2, -0.15) is 4.73 Å². The zero-order chi connectivity index (χ0) is 33.6. The largest absolute Gasteiger partial charge is 0.618 e. The van der Waals surface area contributed by atoms with E-state index in [2.05, 4.69) is 134 Å². The van der Waals surface area contributed by atoms with E-state index in [1.807, 2.05) is 35.0 Å². The summed E-state index contributed by atoms with van der Waals surface area (Å²) in [7, 11) is 0. The summed E-state index contributed by atoms with van der Waals surface area (Å²) in [6, 6.07) is 50.3. The molecule has 0 spiro atoms. The van der Waals surface area contributed by atoms with E-state index in [-0.39, 0.29) is 0 Å². The lowest BCUT2D eigenvalue weighted by molar-refractivity contribution is -0.614. The fourth-order valence-electron chi connectivity index (χ4n) is 7.00. The number of hydrogen-bond donors (Lipinski definition) is 0.